The fourth-order valence-corrected chi connectivity index (χ4v) is 1.89. The smallest absolute Gasteiger partial charge is 0.0316 e. The number of nitrogens with zero attached hydrogens (tertiary/aromatic N) is 1. The van der Waals surface area contributed by atoms with Crippen molar-refractivity contribution in [1.29, 1.82) is 0 Å². The summed E-state index contributed by atoms with van der Waals surface area (Å²) in [5.74, 6) is 0.950. The second-order valence-corrected chi connectivity index (χ2v) is 4.73. The summed E-state index contributed by atoms with van der Waals surface area (Å²) in [5.41, 5.74) is 7.88. The zero-order chi connectivity index (χ0) is 10.8. The van der Waals surface area contributed by atoms with Crippen molar-refractivity contribution in [3.05, 3.63) is 29.8 Å². The van der Waals surface area contributed by atoms with Gasteiger partial charge in [0, 0.05) is 18.3 Å². The predicted molar refractivity (Wildman–Crippen MR) is 64.6 cm³/mol. The zero-order valence-corrected chi connectivity index (χ0v) is 9.61. The van der Waals surface area contributed by atoms with E-state index in [2.05, 4.69) is 31.0 Å². The Hall–Kier alpha value is -1.02. The van der Waals surface area contributed by atoms with Crippen LogP contribution < -0.4 is 5.73 Å². The number of rotatable bonds is 4. The van der Waals surface area contributed by atoms with Crippen LogP contribution >= 0.6 is 0 Å². The van der Waals surface area contributed by atoms with Crippen molar-refractivity contribution in [1.82, 2.24) is 4.90 Å². The van der Waals surface area contributed by atoms with E-state index in [1.165, 1.54) is 24.9 Å². The number of hydrogen-bond donors (Lipinski definition) is 1. The van der Waals surface area contributed by atoms with Gasteiger partial charge in [-0.2, -0.15) is 0 Å². The monoisotopic (exact) mass is 204 g/mol. The van der Waals surface area contributed by atoms with Crippen molar-refractivity contribution >= 4 is 5.69 Å². The quantitative estimate of drug-likeness (QED) is 0.764. The molecular weight excluding hydrogens is 184 g/mol. The maximum Gasteiger partial charge on any atom is 0.0316 e. The van der Waals surface area contributed by atoms with Crippen molar-refractivity contribution < 1.29 is 0 Å². The van der Waals surface area contributed by atoms with E-state index < -0.39 is 0 Å². The van der Waals surface area contributed by atoms with Gasteiger partial charge in [-0.15, -0.1) is 0 Å². The molecule has 1 unspecified atom stereocenters. The van der Waals surface area contributed by atoms with Crippen molar-refractivity contribution in [2.75, 3.05) is 19.3 Å². The first kappa shape index (κ1) is 10.5. The molecule has 1 atom stereocenters. The van der Waals surface area contributed by atoms with Crippen LogP contribution in [0.2, 0.25) is 0 Å². The molecule has 0 amide bonds. The van der Waals surface area contributed by atoms with Crippen LogP contribution in [0.1, 0.15) is 31.4 Å². The molecule has 0 bridgehead atoms. The minimum Gasteiger partial charge on any atom is -0.399 e. The summed E-state index contributed by atoms with van der Waals surface area (Å²) in [7, 11) is 2.21. The van der Waals surface area contributed by atoms with Crippen LogP contribution in [0.25, 0.3) is 0 Å². The molecule has 2 N–H and O–H groups in total. The lowest BCUT2D eigenvalue weighted by atomic mass is 10.1. The van der Waals surface area contributed by atoms with Crippen LogP contribution in [0, 0.1) is 5.92 Å². The average molecular weight is 204 g/mol. The molecule has 1 aromatic carbocycles. The fraction of sp³-hybridized carbons (Fsp3) is 0.538. The molecule has 2 heteroatoms. The van der Waals surface area contributed by atoms with Gasteiger partial charge in [-0.05, 0) is 50.4 Å². The molecule has 0 radical (unpaired) electrons. The third kappa shape index (κ3) is 2.72. The maximum absolute atomic E-state index is 5.68. The van der Waals surface area contributed by atoms with E-state index in [4.69, 9.17) is 5.73 Å². The summed E-state index contributed by atoms with van der Waals surface area (Å²) in [6.07, 6.45) is 2.83. The van der Waals surface area contributed by atoms with E-state index in [1.807, 2.05) is 12.1 Å². The number of nitrogens with two attached hydrogens (primary N) is 1. The SMILES string of the molecule is CC(c1ccc(N)cc1)N(C)CC1CC1. The minimum absolute atomic E-state index is 0.492. The van der Waals surface area contributed by atoms with Crippen molar-refractivity contribution in [2.45, 2.75) is 25.8 Å². The second-order valence-electron chi connectivity index (χ2n) is 4.73. The Morgan fingerprint density at radius 3 is 2.47 bits per heavy atom. The highest BCUT2D eigenvalue weighted by molar-refractivity contribution is 5.40. The van der Waals surface area contributed by atoms with Crippen molar-refractivity contribution in [3.8, 4) is 0 Å². The molecule has 2 nitrogen and oxygen atoms in total. The van der Waals surface area contributed by atoms with Crippen molar-refractivity contribution in [2.24, 2.45) is 5.92 Å². The topological polar surface area (TPSA) is 29.3 Å². The van der Waals surface area contributed by atoms with E-state index in [0.29, 0.717) is 6.04 Å². The van der Waals surface area contributed by atoms with Gasteiger partial charge in [0.2, 0.25) is 0 Å². The Bertz CT molecular complexity index is 314. The highest BCUT2D eigenvalue weighted by Crippen LogP contribution is 2.31. The van der Waals surface area contributed by atoms with Gasteiger partial charge in [0.1, 0.15) is 0 Å². The van der Waals surface area contributed by atoms with Gasteiger partial charge in [-0.1, -0.05) is 12.1 Å². The molecule has 0 heterocycles. The molecule has 15 heavy (non-hydrogen) atoms. The fourth-order valence-electron chi connectivity index (χ4n) is 1.89. The highest BCUT2D eigenvalue weighted by Gasteiger charge is 2.24. The van der Waals surface area contributed by atoms with Crippen molar-refractivity contribution in [3.63, 3.8) is 0 Å². The summed E-state index contributed by atoms with van der Waals surface area (Å²) in [4.78, 5) is 2.43. The Kier molecular flexibility index (Phi) is 2.96. The lowest BCUT2D eigenvalue weighted by molar-refractivity contribution is 0.251. The van der Waals surface area contributed by atoms with Gasteiger partial charge in [0.25, 0.3) is 0 Å². The summed E-state index contributed by atoms with van der Waals surface area (Å²) < 4.78 is 0. The third-order valence-corrected chi connectivity index (χ3v) is 3.32. The lowest BCUT2D eigenvalue weighted by Gasteiger charge is -2.25. The molecule has 0 aliphatic heterocycles. The van der Waals surface area contributed by atoms with E-state index in [0.717, 1.165) is 11.6 Å². The van der Waals surface area contributed by atoms with Gasteiger partial charge < -0.3 is 5.73 Å². The lowest BCUT2D eigenvalue weighted by Crippen LogP contribution is -2.24. The van der Waals surface area contributed by atoms with Gasteiger partial charge >= 0.3 is 0 Å². The molecule has 1 fully saturated rings. The molecule has 1 saturated carbocycles. The number of benzene rings is 1. The van der Waals surface area contributed by atoms with E-state index in [-0.39, 0.29) is 0 Å². The first-order chi connectivity index (χ1) is 7.16. The zero-order valence-electron chi connectivity index (χ0n) is 9.61. The average Bonchev–Trinajstić information content (AvgIpc) is 3.02. The Morgan fingerprint density at radius 2 is 1.93 bits per heavy atom. The van der Waals surface area contributed by atoms with Gasteiger partial charge in [-0.25, -0.2) is 0 Å². The second kappa shape index (κ2) is 4.23. The first-order valence-corrected chi connectivity index (χ1v) is 5.72. The molecule has 1 aliphatic carbocycles. The molecule has 0 saturated heterocycles. The molecule has 0 spiro atoms. The van der Waals surface area contributed by atoms with E-state index in [9.17, 15) is 0 Å². The number of hydrogen-bond acceptors (Lipinski definition) is 2. The van der Waals surface area contributed by atoms with Crippen LogP contribution in [0.5, 0.6) is 0 Å². The number of nitrogen functional groups attached to an aromatic ring is 1. The third-order valence-electron chi connectivity index (χ3n) is 3.32. The predicted octanol–water partition coefficient (Wildman–Crippen LogP) is 2.67. The van der Waals surface area contributed by atoms with Crippen LogP contribution in [-0.4, -0.2) is 18.5 Å². The summed E-state index contributed by atoms with van der Waals surface area (Å²) in [6, 6.07) is 8.71. The van der Waals surface area contributed by atoms with Crippen LogP contribution in [0.4, 0.5) is 5.69 Å². The first-order valence-electron chi connectivity index (χ1n) is 5.72. The Balaban J connectivity index is 1.98. The normalized spacial score (nSPS) is 18.1. The summed E-state index contributed by atoms with van der Waals surface area (Å²) in [6.45, 7) is 3.49. The molecule has 2 rings (SSSR count). The van der Waals surface area contributed by atoms with Crippen LogP contribution in [0.15, 0.2) is 24.3 Å². The molecule has 1 aromatic rings. The highest BCUT2D eigenvalue weighted by atomic mass is 15.1. The minimum atomic E-state index is 0.492. The summed E-state index contributed by atoms with van der Waals surface area (Å²) in [5, 5.41) is 0. The largest absolute Gasteiger partial charge is 0.399 e. The summed E-state index contributed by atoms with van der Waals surface area (Å²) >= 11 is 0. The van der Waals surface area contributed by atoms with Crippen LogP contribution in [-0.2, 0) is 0 Å². The standard InChI is InChI=1S/C13H20N2/c1-10(15(2)9-11-3-4-11)12-5-7-13(14)8-6-12/h5-8,10-11H,3-4,9,14H2,1-2H3. The Morgan fingerprint density at radius 1 is 1.33 bits per heavy atom. The van der Waals surface area contributed by atoms with Crippen LogP contribution in [0.3, 0.4) is 0 Å². The molecule has 0 aromatic heterocycles. The maximum atomic E-state index is 5.68. The number of anilines is 1. The van der Waals surface area contributed by atoms with Gasteiger partial charge in [-0.3, -0.25) is 4.90 Å². The molecule has 82 valence electrons. The van der Waals surface area contributed by atoms with E-state index >= 15 is 0 Å². The Labute approximate surface area is 92.1 Å². The van der Waals surface area contributed by atoms with Gasteiger partial charge in [0.05, 0.1) is 0 Å². The van der Waals surface area contributed by atoms with Gasteiger partial charge in [0.15, 0.2) is 0 Å². The van der Waals surface area contributed by atoms with E-state index in [1.54, 1.807) is 0 Å². The molecule has 1 aliphatic rings. The molecular formula is C13H20N2.